The molecule has 1 unspecified atom stereocenters. The third-order valence-corrected chi connectivity index (χ3v) is 4.30. The zero-order chi connectivity index (χ0) is 14.2. The Hall–Kier alpha value is -1.86. The number of fused-ring (bicyclic) bond motifs is 2. The molecule has 1 aliphatic carbocycles. The summed E-state index contributed by atoms with van der Waals surface area (Å²) < 4.78 is 6.09. The van der Waals surface area contributed by atoms with Crippen LogP contribution < -0.4 is 5.32 Å². The molecule has 1 N–H and O–H groups in total. The van der Waals surface area contributed by atoms with Gasteiger partial charge < -0.3 is 10.1 Å². The molecule has 0 aromatic rings. The van der Waals surface area contributed by atoms with Gasteiger partial charge in [-0.05, 0) is 37.8 Å². The van der Waals surface area contributed by atoms with E-state index < -0.39 is 11.5 Å². The molecule has 2 aliphatic heterocycles. The van der Waals surface area contributed by atoms with Crippen LogP contribution in [-0.2, 0) is 14.3 Å². The zero-order valence-electron chi connectivity index (χ0n) is 11.2. The van der Waals surface area contributed by atoms with Crippen LogP contribution >= 0.6 is 0 Å². The number of carbonyl (C=O) groups is 2. The topological polar surface area (TPSA) is 55.4 Å². The van der Waals surface area contributed by atoms with Crippen molar-refractivity contribution >= 4 is 11.7 Å². The number of rotatable bonds is 2. The van der Waals surface area contributed by atoms with Gasteiger partial charge in [0.2, 0.25) is 0 Å². The van der Waals surface area contributed by atoms with E-state index in [-0.39, 0.29) is 17.8 Å². The van der Waals surface area contributed by atoms with Crippen LogP contribution in [0.1, 0.15) is 32.1 Å². The van der Waals surface area contributed by atoms with Gasteiger partial charge in [-0.15, -0.1) is 12.3 Å². The molecule has 3 atom stereocenters. The number of ketones is 1. The Kier molecular flexibility index (Phi) is 3.23. The monoisotopic (exact) mass is 271 g/mol. The van der Waals surface area contributed by atoms with Crippen molar-refractivity contribution in [3.8, 4) is 12.3 Å². The van der Waals surface area contributed by atoms with E-state index in [1.54, 1.807) is 12.2 Å². The predicted octanol–water partition coefficient (Wildman–Crippen LogP) is 1.48. The summed E-state index contributed by atoms with van der Waals surface area (Å²) in [6.45, 7) is 0. The lowest BCUT2D eigenvalue weighted by Crippen LogP contribution is -2.52. The first-order valence-corrected chi connectivity index (χ1v) is 7.02. The van der Waals surface area contributed by atoms with Gasteiger partial charge in [0, 0.05) is 12.1 Å². The first kappa shape index (κ1) is 13.1. The van der Waals surface area contributed by atoms with Crippen LogP contribution in [0.4, 0.5) is 0 Å². The van der Waals surface area contributed by atoms with Crippen LogP contribution in [-0.4, -0.2) is 23.4 Å². The maximum absolute atomic E-state index is 12.4. The summed E-state index contributed by atoms with van der Waals surface area (Å²) in [5, 5.41) is 2.81. The minimum absolute atomic E-state index is 0.0383. The fourth-order valence-corrected chi connectivity index (χ4v) is 3.39. The van der Waals surface area contributed by atoms with E-state index >= 15 is 0 Å². The molecule has 0 aromatic heterocycles. The number of nitrogens with one attached hydrogen (secondary N) is 1. The van der Waals surface area contributed by atoms with Gasteiger partial charge in [0.1, 0.15) is 0 Å². The van der Waals surface area contributed by atoms with Crippen LogP contribution in [0, 0.1) is 18.3 Å². The first-order valence-electron chi connectivity index (χ1n) is 7.02. The number of hydrogen-bond donors (Lipinski definition) is 1. The second-order valence-electron chi connectivity index (χ2n) is 5.54. The van der Waals surface area contributed by atoms with Crippen molar-refractivity contribution < 1.29 is 14.3 Å². The van der Waals surface area contributed by atoms with E-state index in [4.69, 9.17) is 11.2 Å². The Morgan fingerprint density at radius 2 is 2.35 bits per heavy atom. The fourth-order valence-electron chi connectivity index (χ4n) is 3.39. The summed E-state index contributed by atoms with van der Waals surface area (Å²) in [5.41, 5.74) is -0.356. The van der Waals surface area contributed by atoms with Gasteiger partial charge in [-0.3, -0.25) is 9.59 Å². The minimum atomic E-state index is -1.02. The Morgan fingerprint density at radius 1 is 1.50 bits per heavy atom. The normalized spacial score (nSPS) is 35.5. The van der Waals surface area contributed by atoms with Crippen molar-refractivity contribution in [2.45, 2.75) is 43.8 Å². The number of ether oxygens (including phenoxy) is 1. The van der Waals surface area contributed by atoms with Gasteiger partial charge in [-0.1, -0.05) is 6.08 Å². The molecule has 3 rings (SSSR count). The molecule has 104 valence electrons. The summed E-state index contributed by atoms with van der Waals surface area (Å²) in [5.74, 6) is 1.85. The Bertz CT molecular complexity index is 555. The van der Waals surface area contributed by atoms with E-state index in [0.717, 1.165) is 19.3 Å². The molecule has 3 aliphatic rings. The first-order chi connectivity index (χ1) is 9.67. The molecule has 0 radical (unpaired) electrons. The van der Waals surface area contributed by atoms with Crippen LogP contribution in [0.2, 0.25) is 0 Å². The molecule has 0 bridgehead atoms. The summed E-state index contributed by atoms with van der Waals surface area (Å²) in [4.78, 5) is 24.6. The maximum Gasteiger partial charge on any atom is 0.257 e. The van der Waals surface area contributed by atoms with Crippen molar-refractivity contribution in [1.29, 1.82) is 0 Å². The van der Waals surface area contributed by atoms with Crippen molar-refractivity contribution in [2.75, 3.05) is 0 Å². The van der Waals surface area contributed by atoms with E-state index in [1.807, 2.05) is 0 Å². The molecular weight excluding hydrogens is 254 g/mol. The molecule has 1 spiro atoms. The Balaban J connectivity index is 1.88. The number of hydrogen-bond acceptors (Lipinski definition) is 3. The third-order valence-electron chi connectivity index (χ3n) is 4.30. The van der Waals surface area contributed by atoms with E-state index in [2.05, 4.69) is 11.2 Å². The standard InChI is InChI=1S/C16H17NO3/c1-2-3-6-11-7-5-10-16(20-11)14-12(17-15(16)19)8-4-9-13(14)18/h1,4,8-9,11,14H,3,5-7,10H2,(H,17,19)/t11-,14?,16-/m0/s1. The minimum Gasteiger partial charge on any atom is -0.361 e. The lowest BCUT2D eigenvalue weighted by Gasteiger charge is -2.39. The van der Waals surface area contributed by atoms with Gasteiger partial charge in [0.05, 0.1) is 12.0 Å². The van der Waals surface area contributed by atoms with E-state index in [0.29, 0.717) is 18.5 Å². The number of allylic oxidation sites excluding steroid dienone is 3. The van der Waals surface area contributed by atoms with Gasteiger partial charge in [0.25, 0.3) is 5.91 Å². The van der Waals surface area contributed by atoms with E-state index in [1.165, 1.54) is 6.08 Å². The Morgan fingerprint density at radius 3 is 3.15 bits per heavy atom. The number of amides is 1. The molecule has 2 saturated heterocycles. The van der Waals surface area contributed by atoms with Crippen LogP contribution in [0.25, 0.3) is 0 Å². The average Bonchev–Trinajstić information content (AvgIpc) is 2.70. The second kappa shape index (κ2) is 4.92. The van der Waals surface area contributed by atoms with Crippen LogP contribution in [0.15, 0.2) is 23.9 Å². The highest BCUT2D eigenvalue weighted by Crippen LogP contribution is 2.44. The van der Waals surface area contributed by atoms with Crippen molar-refractivity contribution in [1.82, 2.24) is 5.32 Å². The molecule has 0 aromatic carbocycles. The second-order valence-corrected chi connectivity index (χ2v) is 5.54. The highest BCUT2D eigenvalue weighted by molar-refractivity contribution is 6.06. The highest BCUT2D eigenvalue weighted by Gasteiger charge is 2.58. The molecule has 2 heterocycles. The maximum atomic E-state index is 12.4. The van der Waals surface area contributed by atoms with Crippen LogP contribution in [0.3, 0.4) is 0 Å². The summed E-state index contributed by atoms with van der Waals surface area (Å²) >= 11 is 0. The van der Waals surface area contributed by atoms with Gasteiger partial charge in [-0.2, -0.15) is 0 Å². The average molecular weight is 271 g/mol. The number of terminal acetylenes is 1. The highest BCUT2D eigenvalue weighted by atomic mass is 16.5. The van der Waals surface area contributed by atoms with Crippen LogP contribution in [0.5, 0.6) is 0 Å². The largest absolute Gasteiger partial charge is 0.361 e. The third kappa shape index (κ3) is 1.90. The van der Waals surface area contributed by atoms with Crippen molar-refractivity contribution in [3.63, 3.8) is 0 Å². The summed E-state index contributed by atoms with van der Waals surface area (Å²) in [7, 11) is 0. The van der Waals surface area contributed by atoms with Gasteiger partial charge in [-0.25, -0.2) is 0 Å². The molecule has 2 fully saturated rings. The van der Waals surface area contributed by atoms with Crippen molar-refractivity contribution in [2.24, 2.45) is 5.92 Å². The molecular formula is C16H17NO3. The zero-order valence-corrected chi connectivity index (χ0v) is 11.2. The summed E-state index contributed by atoms with van der Waals surface area (Å²) in [6, 6.07) is 0. The number of carbonyl (C=O) groups excluding carboxylic acids is 2. The fraction of sp³-hybridized carbons (Fsp3) is 0.500. The smallest absolute Gasteiger partial charge is 0.257 e. The Labute approximate surface area is 118 Å². The quantitative estimate of drug-likeness (QED) is 0.774. The van der Waals surface area contributed by atoms with Gasteiger partial charge >= 0.3 is 0 Å². The molecule has 4 heteroatoms. The molecule has 0 saturated carbocycles. The lowest BCUT2D eigenvalue weighted by molar-refractivity contribution is -0.172. The molecule has 1 amide bonds. The van der Waals surface area contributed by atoms with Gasteiger partial charge in [0.15, 0.2) is 11.4 Å². The predicted molar refractivity (Wildman–Crippen MR) is 73.4 cm³/mol. The summed E-state index contributed by atoms with van der Waals surface area (Å²) in [6.07, 6.45) is 14.0. The van der Waals surface area contributed by atoms with E-state index in [9.17, 15) is 9.59 Å². The molecule has 4 nitrogen and oxygen atoms in total. The van der Waals surface area contributed by atoms with Crippen molar-refractivity contribution in [3.05, 3.63) is 23.9 Å². The lowest BCUT2D eigenvalue weighted by atomic mass is 9.77. The molecule has 20 heavy (non-hydrogen) atoms. The SMILES string of the molecule is C#CCC[C@H]1CCC[C@@]2(O1)C(=O)NC1=CC=CC(=O)C12.